The first-order valence-electron chi connectivity index (χ1n) is 3.54. The van der Waals surface area contributed by atoms with Gasteiger partial charge in [-0.05, 0) is 6.42 Å². The molecule has 0 rings (SSSR count). The fourth-order valence-electron chi connectivity index (χ4n) is 0.701. The third-order valence-electron chi connectivity index (χ3n) is 1.34. The molecule has 1 unspecified atom stereocenters. The van der Waals surface area contributed by atoms with Crippen molar-refractivity contribution in [1.29, 1.82) is 0 Å². The maximum absolute atomic E-state index is 12.9. The Bertz CT molecular complexity index is 256. The molecule has 0 aromatic heterocycles. The Labute approximate surface area is 74.9 Å². The van der Waals surface area contributed by atoms with Crippen LogP contribution in [0.2, 0.25) is 0 Å². The molecule has 0 amide bonds. The summed E-state index contributed by atoms with van der Waals surface area (Å²) in [5.41, 5.74) is -0.623. The van der Waals surface area contributed by atoms with Gasteiger partial charge in [-0.3, -0.25) is 0 Å². The lowest BCUT2D eigenvalue weighted by molar-refractivity contribution is -0.132. The summed E-state index contributed by atoms with van der Waals surface area (Å²) in [4.78, 5) is 10.4. The summed E-state index contributed by atoms with van der Waals surface area (Å²) in [6.07, 6.45) is -0.388. The van der Waals surface area contributed by atoms with Crippen molar-refractivity contribution in [3.8, 4) is 0 Å². The van der Waals surface area contributed by atoms with Gasteiger partial charge >= 0.3 is 5.97 Å². The fraction of sp³-hybridized carbons (Fsp3) is 0.222. The van der Waals surface area contributed by atoms with Crippen molar-refractivity contribution in [2.75, 3.05) is 0 Å². The molecular weight excluding hydrogens is 178 g/mol. The molecule has 72 valence electrons. The molecule has 0 aliphatic carbocycles. The van der Waals surface area contributed by atoms with Gasteiger partial charge in [0.15, 0.2) is 6.17 Å². The number of rotatable bonds is 5. The smallest absolute Gasteiger partial charge is 0.334 e. The minimum atomic E-state index is -2.06. The first kappa shape index (κ1) is 11.6. The van der Waals surface area contributed by atoms with Crippen LogP contribution in [0, 0.1) is 0 Å². The third kappa shape index (κ3) is 3.19. The zero-order chi connectivity index (χ0) is 10.4. The van der Waals surface area contributed by atoms with Crippen LogP contribution in [-0.4, -0.2) is 17.2 Å². The largest absolute Gasteiger partial charge is 0.478 e. The van der Waals surface area contributed by atoms with Crippen molar-refractivity contribution in [2.24, 2.45) is 0 Å². The topological polar surface area (TPSA) is 37.3 Å². The summed E-state index contributed by atoms with van der Waals surface area (Å²) in [5.74, 6) is -2.80. The molecule has 0 aromatic rings. The first-order valence-corrected chi connectivity index (χ1v) is 3.54. The molecule has 0 aromatic carbocycles. The molecular formula is C9H10F2O2. The highest BCUT2D eigenvalue weighted by Crippen LogP contribution is 2.18. The van der Waals surface area contributed by atoms with Gasteiger partial charge in [0.25, 0.3) is 0 Å². The molecule has 1 N–H and O–H groups in total. The minimum absolute atomic E-state index is 0.213. The van der Waals surface area contributed by atoms with Gasteiger partial charge in [0.1, 0.15) is 5.83 Å². The molecule has 0 bridgehead atoms. The lowest BCUT2D eigenvalue weighted by Gasteiger charge is -2.03. The van der Waals surface area contributed by atoms with Gasteiger partial charge in [0, 0.05) is 0 Å². The van der Waals surface area contributed by atoms with Crippen molar-refractivity contribution in [1.82, 2.24) is 0 Å². The van der Waals surface area contributed by atoms with Crippen LogP contribution >= 0.6 is 0 Å². The Morgan fingerprint density at radius 2 is 2.08 bits per heavy atom. The van der Waals surface area contributed by atoms with E-state index < -0.39 is 23.5 Å². The van der Waals surface area contributed by atoms with E-state index in [0.29, 0.717) is 6.08 Å². The van der Waals surface area contributed by atoms with Gasteiger partial charge in [-0.1, -0.05) is 18.7 Å². The van der Waals surface area contributed by atoms with Crippen LogP contribution in [0.4, 0.5) is 8.78 Å². The number of hydrogen-bond acceptors (Lipinski definition) is 1. The monoisotopic (exact) mass is 188 g/mol. The molecule has 0 saturated carbocycles. The quantitative estimate of drug-likeness (QED) is 0.531. The molecule has 0 spiro atoms. The maximum atomic E-state index is 12.9. The van der Waals surface area contributed by atoms with Gasteiger partial charge in [0.05, 0.1) is 5.57 Å². The van der Waals surface area contributed by atoms with E-state index in [4.69, 9.17) is 5.11 Å². The van der Waals surface area contributed by atoms with Crippen LogP contribution in [-0.2, 0) is 4.79 Å². The number of carboxylic acid groups (broad SMARTS) is 1. The van der Waals surface area contributed by atoms with Crippen LogP contribution in [0.3, 0.4) is 0 Å². The lowest BCUT2D eigenvalue weighted by Crippen LogP contribution is -2.07. The molecule has 4 heteroatoms. The van der Waals surface area contributed by atoms with Crippen LogP contribution in [0.5, 0.6) is 0 Å². The van der Waals surface area contributed by atoms with Crippen molar-refractivity contribution in [2.45, 2.75) is 12.6 Å². The second-order valence-corrected chi connectivity index (χ2v) is 2.26. The van der Waals surface area contributed by atoms with Gasteiger partial charge in [-0.2, -0.15) is 0 Å². The average Bonchev–Trinajstić information content (AvgIpc) is 2.11. The first-order chi connectivity index (χ1) is 6.04. The van der Waals surface area contributed by atoms with E-state index in [1.54, 1.807) is 0 Å². The van der Waals surface area contributed by atoms with Gasteiger partial charge in [0.2, 0.25) is 0 Å². The molecule has 0 heterocycles. The molecule has 0 fully saturated rings. The van der Waals surface area contributed by atoms with E-state index in [1.807, 2.05) is 0 Å². The number of halogens is 2. The highest BCUT2D eigenvalue weighted by atomic mass is 19.2. The average molecular weight is 188 g/mol. The van der Waals surface area contributed by atoms with Crippen molar-refractivity contribution in [3.63, 3.8) is 0 Å². The summed E-state index contributed by atoms with van der Waals surface area (Å²) in [6, 6.07) is 0. The fourth-order valence-corrected chi connectivity index (χ4v) is 0.701. The minimum Gasteiger partial charge on any atom is -0.478 e. The summed E-state index contributed by atoms with van der Waals surface area (Å²) >= 11 is 0. The van der Waals surface area contributed by atoms with Crippen LogP contribution in [0.15, 0.2) is 36.7 Å². The summed E-state index contributed by atoms with van der Waals surface area (Å²) < 4.78 is 25.5. The second kappa shape index (κ2) is 5.24. The van der Waals surface area contributed by atoms with E-state index in [0.717, 1.165) is 0 Å². The summed E-state index contributed by atoms with van der Waals surface area (Å²) in [6.45, 7) is 6.25. The Hall–Kier alpha value is -1.45. The van der Waals surface area contributed by atoms with E-state index in [9.17, 15) is 13.6 Å². The highest BCUT2D eigenvalue weighted by molar-refractivity contribution is 5.87. The summed E-state index contributed by atoms with van der Waals surface area (Å²) in [7, 11) is 0. The number of carbonyl (C=O) groups is 1. The van der Waals surface area contributed by atoms with E-state index in [-0.39, 0.29) is 6.42 Å². The molecule has 0 saturated heterocycles. The lowest BCUT2D eigenvalue weighted by atomic mass is 10.1. The van der Waals surface area contributed by atoms with Gasteiger partial charge in [-0.15, -0.1) is 6.58 Å². The standard InChI is InChI=1S/C9H10F2O2/c1-3-5-6(9(12)13)8(11)7(10)4-2/h3-4,7H,1-2,5H2,(H,12,13). The van der Waals surface area contributed by atoms with Gasteiger partial charge < -0.3 is 5.11 Å². The molecule has 2 nitrogen and oxygen atoms in total. The number of allylic oxidation sites excluding steroid dienone is 3. The van der Waals surface area contributed by atoms with Crippen LogP contribution in [0.25, 0.3) is 0 Å². The maximum Gasteiger partial charge on any atom is 0.334 e. The number of hydrogen-bond donors (Lipinski definition) is 1. The second-order valence-electron chi connectivity index (χ2n) is 2.26. The van der Waals surface area contributed by atoms with E-state index in [1.165, 1.54) is 6.08 Å². The SMILES string of the molecule is C=CCC(C(=O)O)=C(F)C(F)C=C. The predicted octanol–water partition coefficient (Wildman–Crippen LogP) is 2.39. The van der Waals surface area contributed by atoms with E-state index >= 15 is 0 Å². The Morgan fingerprint density at radius 1 is 1.54 bits per heavy atom. The predicted molar refractivity (Wildman–Crippen MR) is 45.7 cm³/mol. The number of aliphatic carboxylic acids is 1. The van der Waals surface area contributed by atoms with Crippen molar-refractivity contribution >= 4 is 5.97 Å². The zero-order valence-electron chi connectivity index (χ0n) is 6.96. The van der Waals surface area contributed by atoms with E-state index in [2.05, 4.69) is 13.2 Å². The Kier molecular flexibility index (Phi) is 4.66. The third-order valence-corrected chi connectivity index (χ3v) is 1.34. The summed E-state index contributed by atoms with van der Waals surface area (Å²) in [5, 5.41) is 8.47. The number of carboxylic acids is 1. The highest BCUT2D eigenvalue weighted by Gasteiger charge is 2.18. The van der Waals surface area contributed by atoms with Crippen molar-refractivity contribution in [3.05, 3.63) is 36.7 Å². The number of alkyl halides is 1. The molecule has 1 atom stereocenters. The van der Waals surface area contributed by atoms with Crippen LogP contribution in [0.1, 0.15) is 6.42 Å². The normalized spacial score (nSPS) is 14.3. The Morgan fingerprint density at radius 3 is 2.38 bits per heavy atom. The van der Waals surface area contributed by atoms with Crippen LogP contribution < -0.4 is 0 Å². The molecule has 13 heavy (non-hydrogen) atoms. The molecule has 0 aliphatic rings. The molecule has 0 radical (unpaired) electrons. The van der Waals surface area contributed by atoms with Crippen molar-refractivity contribution < 1.29 is 18.7 Å². The zero-order valence-corrected chi connectivity index (χ0v) is 6.96. The van der Waals surface area contributed by atoms with Gasteiger partial charge in [-0.25, -0.2) is 13.6 Å². The Balaban J connectivity index is 4.94. The molecule has 0 aliphatic heterocycles.